The molecule has 1 unspecified atom stereocenters. The summed E-state index contributed by atoms with van der Waals surface area (Å²) in [4.78, 5) is 25.9. The standard InChI is InChI=1S/C19H20Cl2FN3O2/c1-12(13-6-8-14(22)9-7-13)23-17(26)10-25(2)11-18(27)24-19-15(20)4-3-5-16(19)21/h3-9,12H,10-11H2,1-2H3,(H,23,26)(H,24,27). The molecule has 0 aliphatic carbocycles. The molecule has 2 rings (SSSR count). The van der Waals surface area contributed by atoms with Gasteiger partial charge in [0.05, 0.1) is 34.9 Å². The van der Waals surface area contributed by atoms with Crippen molar-refractivity contribution in [2.75, 3.05) is 25.5 Å². The fourth-order valence-electron chi connectivity index (χ4n) is 2.46. The van der Waals surface area contributed by atoms with E-state index < -0.39 is 0 Å². The minimum atomic E-state index is -0.341. The number of anilines is 1. The van der Waals surface area contributed by atoms with Gasteiger partial charge in [-0.25, -0.2) is 4.39 Å². The van der Waals surface area contributed by atoms with Crippen LogP contribution in [-0.4, -0.2) is 36.9 Å². The number of carbonyl (C=O) groups excluding carboxylic acids is 2. The molecule has 0 aliphatic rings. The van der Waals surface area contributed by atoms with Gasteiger partial charge >= 0.3 is 0 Å². The van der Waals surface area contributed by atoms with Crippen molar-refractivity contribution in [2.24, 2.45) is 0 Å². The van der Waals surface area contributed by atoms with E-state index in [-0.39, 0.29) is 36.8 Å². The third kappa shape index (κ3) is 6.50. The van der Waals surface area contributed by atoms with Gasteiger partial charge < -0.3 is 10.6 Å². The van der Waals surface area contributed by atoms with E-state index in [0.717, 1.165) is 5.56 Å². The fourth-order valence-corrected chi connectivity index (χ4v) is 2.96. The maximum absolute atomic E-state index is 13.0. The first-order valence-electron chi connectivity index (χ1n) is 8.23. The number of carbonyl (C=O) groups is 2. The fraction of sp³-hybridized carbons (Fsp3) is 0.263. The van der Waals surface area contributed by atoms with Crippen LogP contribution in [0.5, 0.6) is 0 Å². The molecule has 0 heterocycles. The summed E-state index contributed by atoms with van der Waals surface area (Å²) >= 11 is 12.0. The van der Waals surface area contributed by atoms with Crippen molar-refractivity contribution >= 4 is 40.7 Å². The van der Waals surface area contributed by atoms with Crippen molar-refractivity contribution in [2.45, 2.75) is 13.0 Å². The molecule has 2 amide bonds. The summed E-state index contributed by atoms with van der Waals surface area (Å²) in [6.07, 6.45) is 0. The minimum absolute atomic E-state index is 0.0140. The first-order chi connectivity index (χ1) is 12.8. The summed E-state index contributed by atoms with van der Waals surface area (Å²) in [5.41, 5.74) is 1.13. The topological polar surface area (TPSA) is 61.4 Å². The zero-order chi connectivity index (χ0) is 20.0. The van der Waals surface area contributed by atoms with Gasteiger partial charge in [-0.1, -0.05) is 41.4 Å². The summed E-state index contributed by atoms with van der Waals surface area (Å²) in [5.74, 6) is -0.925. The molecule has 0 spiro atoms. The van der Waals surface area contributed by atoms with E-state index in [1.165, 1.54) is 12.1 Å². The van der Waals surface area contributed by atoms with Gasteiger partial charge in [0.15, 0.2) is 0 Å². The predicted molar refractivity (Wildman–Crippen MR) is 106 cm³/mol. The third-order valence-electron chi connectivity index (χ3n) is 3.80. The van der Waals surface area contributed by atoms with Gasteiger partial charge in [-0.3, -0.25) is 14.5 Å². The van der Waals surface area contributed by atoms with Crippen LogP contribution >= 0.6 is 23.2 Å². The second kappa shape index (κ2) is 9.69. The van der Waals surface area contributed by atoms with Gasteiger partial charge in [0.2, 0.25) is 11.8 Å². The quantitative estimate of drug-likeness (QED) is 0.726. The summed E-state index contributed by atoms with van der Waals surface area (Å²) in [6.45, 7) is 1.81. The highest BCUT2D eigenvalue weighted by molar-refractivity contribution is 6.39. The summed E-state index contributed by atoms with van der Waals surface area (Å²) in [7, 11) is 1.65. The first-order valence-corrected chi connectivity index (χ1v) is 8.99. The van der Waals surface area contributed by atoms with Gasteiger partial charge in [-0.15, -0.1) is 0 Å². The van der Waals surface area contributed by atoms with Crippen LogP contribution in [0.1, 0.15) is 18.5 Å². The van der Waals surface area contributed by atoms with Gasteiger partial charge in [-0.05, 0) is 43.8 Å². The van der Waals surface area contributed by atoms with Crippen molar-refractivity contribution < 1.29 is 14.0 Å². The van der Waals surface area contributed by atoms with Gasteiger partial charge in [0.25, 0.3) is 0 Å². The van der Waals surface area contributed by atoms with E-state index in [1.807, 2.05) is 0 Å². The van der Waals surface area contributed by atoms with Crippen molar-refractivity contribution in [3.05, 3.63) is 63.9 Å². The minimum Gasteiger partial charge on any atom is -0.348 e. The molecule has 1 atom stereocenters. The third-order valence-corrected chi connectivity index (χ3v) is 4.43. The SMILES string of the molecule is CC(NC(=O)CN(C)CC(=O)Nc1c(Cl)cccc1Cl)c1ccc(F)cc1. The molecule has 0 radical (unpaired) electrons. The normalized spacial score (nSPS) is 11.9. The van der Waals surface area contributed by atoms with Crippen LogP contribution in [0.2, 0.25) is 10.0 Å². The molecule has 0 aliphatic heterocycles. The number of amides is 2. The van der Waals surface area contributed by atoms with Crippen LogP contribution < -0.4 is 10.6 Å². The number of para-hydroxylation sites is 1. The van der Waals surface area contributed by atoms with E-state index in [9.17, 15) is 14.0 Å². The number of nitrogens with zero attached hydrogens (tertiary/aromatic N) is 1. The van der Waals surface area contributed by atoms with Gasteiger partial charge in [0.1, 0.15) is 5.82 Å². The monoisotopic (exact) mass is 411 g/mol. The Morgan fingerprint density at radius 1 is 1.04 bits per heavy atom. The molecular weight excluding hydrogens is 392 g/mol. The van der Waals surface area contributed by atoms with E-state index >= 15 is 0 Å². The number of rotatable bonds is 7. The van der Waals surface area contributed by atoms with Crippen LogP contribution in [-0.2, 0) is 9.59 Å². The Bertz CT molecular complexity index is 795. The Morgan fingerprint density at radius 3 is 2.19 bits per heavy atom. The van der Waals surface area contributed by atoms with Crippen LogP contribution in [0.4, 0.5) is 10.1 Å². The number of benzene rings is 2. The molecule has 27 heavy (non-hydrogen) atoms. The number of hydrogen-bond acceptors (Lipinski definition) is 3. The van der Waals surface area contributed by atoms with Crippen LogP contribution in [0.25, 0.3) is 0 Å². The maximum atomic E-state index is 13.0. The largest absolute Gasteiger partial charge is 0.348 e. The molecule has 0 saturated heterocycles. The average molecular weight is 412 g/mol. The number of likely N-dealkylation sites (N-methyl/N-ethyl adjacent to an activating group) is 1. The van der Waals surface area contributed by atoms with Gasteiger partial charge in [0, 0.05) is 0 Å². The highest BCUT2D eigenvalue weighted by atomic mass is 35.5. The molecule has 0 fully saturated rings. The average Bonchev–Trinajstić information content (AvgIpc) is 2.58. The highest BCUT2D eigenvalue weighted by Crippen LogP contribution is 2.29. The molecule has 5 nitrogen and oxygen atoms in total. The molecule has 0 bridgehead atoms. The van der Waals surface area contributed by atoms with E-state index in [1.54, 1.807) is 49.2 Å². The van der Waals surface area contributed by atoms with Gasteiger partial charge in [-0.2, -0.15) is 0 Å². The maximum Gasteiger partial charge on any atom is 0.238 e. The molecule has 2 aromatic carbocycles. The van der Waals surface area contributed by atoms with Crippen LogP contribution in [0.3, 0.4) is 0 Å². The Kier molecular flexibility index (Phi) is 7.59. The van der Waals surface area contributed by atoms with Crippen molar-refractivity contribution in [3.8, 4) is 0 Å². The second-order valence-electron chi connectivity index (χ2n) is 6.16. The second-order valence-corrected chi connectivity index (χ2v) is 6.97. The van der Waals surface area contributed by atoms with Crippen LogP contribution in [0, 0.1) is 5.82 Å². The molecule has 0 saturated carbocycles. The summed E-state index contributed by atoms with van der Waals surface area (Å²) < 4.78 is 13.0. The van der Waals surface area contributed by atoms with Crippen LogP contribution in [0.15, 0.2) is 42.5 Å². The molecule has 2 N–H and O–H groups in total. The number of nitrogens with one attached hydrogen (secondary N) is 2. The molecule has 8 heteroatoms. The molecule has 2 aromatic rings. The Morgan fingerprint density at radius 2 is 1.59 bits per heavy atom. The lowest BCUT2D eigenvalue weighted by Gasteiger charge is -2.19. The molecule has 0 aromatic heterocycles. The number of halogens is 3. The zero-order valence-corrected chi connectivity index (χ0v) is 16.4. The Balaban J connectivity index is 1.83. The summed E-state index contributed by atoms with van der Waals surface area (Å²) in [6, 6.07) is 10.6. The van der Waals surface area contributed by atoms with E-state index in [4.69, 9.17) is 23.2 Å². The first kappa shape index (κ1) is 21.2. The lowest BCUT2D eigenvalue weighted by molar-refractivity contribution is -0.123. The van der Waals surface area contributed by atoms with E-state index in [0.29, 0.717) is 15.7 Å². The highest BCUT2D eigenvalue weighted by Gasteiger charge is 2.15. The lowest BCUT2D eigenvalue weighted by atomic mass is 10.1. The zero-order valence-electron chi connectivity index (χ0n) is 14.9. The molecular formula is C19H20Cl2FN3O2. The predicted octanol–water partition coefficient (Wildman–Crippen LogP) is 3.88. The summed E-state index contributed by atoms with van der Waals surface area (Å²) in [5, 5.41) is 6.13. The number of hydrogen-bond donors (Lipinski definition) is 2. The van der Waals surface area contributed by atoms with Crippen molar-refractivity contribution in [1.29, 1.82) is 0 Å². The Labute approximate surface area is 167 Å². The van der Waals surface area contributed by atoms with Crippen molar-refractivity contribution in [3.63, 3.8) is 0 Å². The van der Waals surface area contributed by atoms with Crippen molar-refractivity contribution in [1.82, 2.24) is 10.2 Å². The lowest BCUT2D eigenvalue weighted by Crippen LogP contribution is -2.39. The molecule has 144 valence electrons. The van der Waals surface area contributed by atoms with E-state index in [2.05, 4.69) is 10.6 Å². The Hall–Kier alpha value is -2.15. The smallest absolute Gasteiger partial charge is 0.238 e.